The topological polar surface area (TPSA) is 40.5 Å². The number of phenols is 2. The summed E-state index contributed by atoms with van der Waals surface area (Å²) in [6.07, 6.45) is 0. The van der Waals surface area contributed by atoms with Crippen LogP contribution in [0.25, 0.3) is 44.5 Å². The highest BCUT2D eigenvalue weighted by atomic mass is 16.3. The Kier molecular flexibility index (Phi) is 5.42. The van der Waals surface area contributed by atoms with Crippen LogP contribution < -0.4 is 0 Å². The molecule has 0 aliphatic rings. The van der Waals surface area contributed by atoms with Crippen molar-refractivity contribution in [2.45, 2.75) is 6.92 Å². The number of rotatable bonds is 4. The molecule has 5 rings (SSSR count). The molecule has 2 N–H and O–H groups in total. The molecule has 0 spiro atoms. The molecule has 0 atom stereocenters. The van der Waals surface area contributed by atoms with Gasteiger partial charge in [0.15, 0.2) is 0 Å². The Morgan fingerprint density at radius 1 is 0.364 bits per heavy atom. The fourth-order valence-electron chi connectivity index (χ4n) is 4.38. The van der Waals surface area contributed by atoms with Crippen molar-refractivity contribution in [1.29, 1.82) is 0 Å². The van der Waals surface area contributed by atoms with Crippen molar-refractivity contribution in [2.75, 3.05) is 0 Å². The van der Waals surface area contributed by atoms with E-state index in [1.54, 1.807) is 0 Å². The molecule has 5 aromatic rings. The lowest BCUT2D eigenvalue weighted by Crippen LogP contribution is -1.96. The second-order valence-electron chi connectivity index (χ2n) is 8.16. The fraction of sp³-hybridized carbons (Fsp3) is 0.0323. The van der Waals surface area contributed by atoms with Gasteiger partial charge in [-0.15, -0.1) is 0 Å². The largest absolute Gasteiger partial charge is 0.506 e. The molecule has 33 heavy (non-hydrogen) atoms. The molecule has 0 unspecified atom stereocenters. The summed E-state index contributed by atoms with van der Waals surface area (Å²) < 4.78 is 0. The molecule has 0 heterocycles. The first-order valence-electron chi connectivity index (χ1n) is 11.0. The third-order valence-corrected chi connectivity index (χ3v) is 5.97. The van der Waals surface area contributed by atoms with Gasteiger partial charge in [0.05, 0.1) is 5.56 Å². The van der Waals surface area contributed by atoms with Crippen LogP contribution in [0.15, 0.2) is 115 Å². The molecule has 0 radical (unpaired) electrons. The summed E-state index contributed by atoms with van der Waals surface area (Å²) in [6, 6.07) is 37.5. The lowest BCUT2D eigenvalue weighted by Gasteiger charge is -2.23. The Bertz CT molecular complexity index is 1390. The Morgan fingerprint density at radius 2 is 0.697 bits per heavy atom. The van der Waals surface area contributed by atoms with E-state index in [9.17, 15) is 10.2 Å². The molecule has 0 aliphatic carbocycles. The van der Waals surface area contributed by atoms with E-state index in [2.05, 4.69) is 0 Å². The summed E-state index contributed by atoms with van der Waals surface area (Å²) in [5, 5.41) is 23.4. The van der Waals surface area contributed by atoms with Crippen LogP contribution in [0.1, 0.15) is 5.56 Å². The van der Waals surface area contributed by atoms with E-state index in [-0.39, 0.29) is 11.5 Å². The highest BCUT2D eigenvalue weighted by Gasteiger charge is 2.27. The number of hydrogen-bond acceptors (Lipinski definition) is 2. The van der Waals surface area contributed by atoms with Crippen LogP contribution >= 0.6 is 0 Å². The Morgan fingerprint density at radius 3 is 1.12 bits per heavy atom. The second kappa shape index (κ2) is 8.68. The van der Waals surface area contributed by atoms with E-state index >= 15 is 0 Å². The van der Waals surface area contributed by atoms with E-state index in [0.717, 1.165) is 33.4 Å². The van der Waals surface area contributed by atoms with Crippen LogP contribution in [0.5, 0.6) is 11.5 Å². The van der Waals surface area contributed by atoms with Crippen molar-refractivity contribution in [3.8, 4) is 56.0 Å². The Balaban J connectivity index is 1.98. The molecule has 2 nitrogen and oxygen atoms in total. The monoisotopic (exact) mass is 428 g/mol. The van der Waals surface area contributed by atoms with Crippen molar-refractivity contribution in [3.63, 3.8) is 0 Å². The first-order chi connectivity index (χ1) is 16.1. The van der Waals surface area contributed by atoms with Gasteiger partial charge in [-0.1, -0.05) is 121 Å². The highest BCUT2D eigenvalue weighted by molar-refractivity contribution is 6.05. The third-order valence-electron chi connectivity index (χ3n) is 5.97. The molecule has 0 aliphatic heterocycles. The van der Waals surface area contributed by atoms with Crippen molar-refractivity contribution in [3.05, 3.63) is 121 Å². The zero-order valence-corrected chi connectivity index (χ0v) is 18.4. The van der Waals surface area contributed by atoms with E-state index < -0.39 is 0 Å². The summed E-state index contributed by atoms with van der Waals surface area (Å²) in [7, 11) is 0. The normalized spacial score (nSPS) is 10.8. The number of phenolic OH excluding ortho intramolecular Hbond substituents is 2. The van der Waals surface area contributed by atoms with Gasteiger partial charge in [0.2, 0.25) is 0 Å². The van der Waals surface area contributed by atoms with Crippen molar-refractivity contribution in [1.82, 2.24) is 0 Å². The van der Waals surface area contributed by atoms with E-state index in [0.29, 0.717) is 16.7 Å². The van der Waals surface area contributed by atoms with Gasteiger partial charge in [-0.2, -0.15) is 0 Å². The Labute approximate surface area is 194 Å². The maximum absolute atomic E-state index is 11.7. The lowest BCUT2D eigenvalue weighted by atomic mass is 9.82. The van der Waals surface area contributed by atoms with Crippen LogP contribution in [-0.4, -0.2) is 10.2 Å². The standard InChI is InChI=1S/C31H24O2/c1-21-17-19-25(20-18-21)28-26(22-11-5-2-6-12-22)27(23-13-7-3-8-14-23)30(32)29(31(28)33)24-15-9-4-10-16-24/h2-20,32-33H,1H3. The van der Waals surface area contributed by atoms with Crippen LogP contribution in [0.3, 0.4) is 0 Å². The summed E-state index contributed by atoms with van der Waals surface area (Å²) in [5.74, 6) is 0.140. The molecule has 0 aromatic heterocycles. The second-order valence-corrected chi connectivity index (χ2v) is 8.16. The van der Waals surface area contributed by atoms with Gasteiger partial charge in [-0.25, -0.2) is 0 Å². The molecule has 5 aromatic carbocycles. The smallest absolute Gasteiger partial charge is 0.135 e. The summed E-state index contributed by atoms with van der Waals surface area (Å²) >= 11 is 0. The molecule has 0 saturated heterocycles. The molecule has 0 fully saturated rings. The molecule has 0 amide bonds. The molecule has 2 heteroatoms. The minimum atomic E-state index is 0.0691. The highest BCUT2D eigenvalue weighted by Crippen LogP contribution is 2.55. The predicted octanol–water partition coefficient (Wildman–Crippen LogP) is 8.07. The van der Waals surface area contributed by atoms with Crippen LogP contribution in [-0.2, 0) is 0 Å². The van der Waals surface area contributed by atoms with Gasteiger partial charge in [0.1, 0.15) is 11.5 Å². The predicted molar refractivity (Wildman–Crippen MR) is 136 cm³/mol. The SMILES string of the molecule is Cc1ccc(-c2c(O)c(-c3ccccc3)c(O)c(-c3ccccc3)c2-c2ccccc2)cc1. The molecule has 0 saturated carbocycles. The van der Waals surface area contributed by atoms with Gasteiger partial charge < -0.3 is 10.2 Å². The van der Waals surface area contributed by atoms with Crippen molar-refractivity contribution >= 4 is 0 Å². The molecule has 0 bridgehead atoms. The Hall–Kier alpha value is -4.30. The van der Waals surface area contributed by atoms with Gasteiger partial charge in [-0.3, -0.25) is 0 Å². The zero-order chi connectivity index (χ0) is 22.8. The van der Waals surface area contributed by atoms with E-state index in [1.165, 1.54) is 0 Å². The summed E-state index contributed by atoms with van der Waals surface area (Å²) in [6.45, 7) is 2.05. The van der Waals surface area contributed by atoms with Crippen LogP contribution in [0, 0.1) is 6.92 Å². The van der Waals surface area contributed by atoms with Gasteiger partial charge in [0.25, 0.3) is 0 Å². The number of aromatic hydroxyl groups is 2. The maximum Gasteiger partial charge on any atom is 0.135 e. The molecule has 160 valence electrons. The first-order valence-corrected chi connectivity index (χ1v) is 11.0. The van der Waals surface area contributed by atoms with Crippen molar-refractivity contribution in [2.24, 2.45) is 0 Å². The van der Waals surface area contributed by atoms with Gasteiger partial charge >= 0.3 is 0 Å². The minimum absolute atomic E-state index is 0.0691. The third kappa shape index (κ3) is 3.77. The maximum atomic E-state index is 11.7. The van der Waals surface area contributed by atoms with Gasteiger partial charge in [-0.05, 0) is 29.2 Å². The average molecular weight is 429 g/mol. The molecular weight excluding hydrogens is 404 g/mol. The number of benzene rings is 5. The van der Waals surface area contributed by atoms with Crippen molar-refractivity contribution < 1.29 is 10.2 Å². The fourth-order valence-corrected chi connectivity index (χ4v) is 4.38. The van der Waals surface area contributed by atoms with Gasteiger partial charge in [0, 0.05) is 16.7 Å². The van der Waals surface area contributed by atoms with E-state index in [4.69, 9.17) is 0 Å². The van der Waals surface area contributed by atoms with Crippen LogP contribution in [0.2, 0.25) is 0 Å². The molecular formula is C31H24O2. The first kappa shape index (κ1) is 20.6. The number of aryl methyl sites for hydroxylation is 1. The minimum Gasteiger partial charge on any atom is -0.506 e. The van der Waals surface area contributed by atoms with E-state index in [1.807, 2.05) is 122 Å². The quantitative estimate of drug-likeness (QED) is 0.304. The van der Waals surface area contributed by atoms with Crippen LogP contribution in [0.4, 0.5) is 0 Å². The summed E-state index contributed by atoms with van der Waals surface area (Å²) in [4.78, 5) is 0. The lowest BCUT2D eigenvalue weighted by molar-refractivity contribution is 0.457. The number of hydrogen-bond donors (Lipinski definition) is 2. The average Bonchev–Trinajstić information content (AvgIpc) is 2.86. The zero-order valence-electron chi connectivity index (χ0n) is 18.4. The summed E-state index contributed by atoms with van der Waals surface area (Å²) in [5.41, 5.74) is 7.26.